The number of anilines is 2. The van der Waals surface area contributed by atoms with Gasteiger partial charge in [-0.05, 0) is 31.2 Å². The molecule has 1 aliphatic heterocycles. The number of carbonyl (C=O) groups excluding carboxylic acids is 2. The molecular formula is C22H17N3O4S. The third kappa shape index (κ3) is 3.11. The molecule has 0 radical (unpaired) electrons. The highest BCUT2D eigenvalue weighted by atomic mass is 32.1. The Kier molecular flexibility index (Phi) is 4.29. The number of rotatable bonds is 3. The number of carbonyl (C=O) groups is 2. The van der Waals surface area contributed by atoms with E-state index in [4.69, 9.17) is 15.2 Å². The number of aromatic nitrogens is 1. The molecule has 0 aliphatic carbocycles. The van der Waals surface area contributed by atoms with Crippen LogP contribution >= 0.6 is 11.3 Å². The lowest BCUT2D eigenvalue weighted by atomic mass is 10.1. The van der Waals surface area contributed by atoms with Gasteiger partial charge in [-0.25, -0.2) is 4.98 Å². The van der Waals surface area contributed by atoms with Crippen LogP contribution in [0.25, 0.3) is 21.1 Å². The fraction of sp³-hybridized carbons (Fsp3) is 0.136. The number of nitrogens with two attached hydrogens (primary N) is 1. The van der Waals surface area contributed by atoms with Crippen molar-refractivity contribution >= 4 is 55.5 Å². The van der Waals surface area contributed by atoms with Gasteiger partial charge in [-0.3, -0.25) is 9.59 Å². The molecule has 1 amide bonds. The fourth-order valence-electron chi connectivity index (χ4n) is 3.41. The molecule has 150 valence electrons. The van der Waals surface area contributed by atoms with Gasteiger partial charge in [0.15, 0.2) is 17.3 Å². The van der Waals surface area contributed by atoms with Gasteiger partial charge >= 0.3 is 0 Å². The van der Waals surface area contributed by atoms with Crippen molar-refractivity contribution in [2.45, 2.75) is 6.92 Å². The minimum absolute atomic E-state index is 0.0704. The highest BCUT2D eigenvalue weighted by Crippen LogP contribution is 2.39. The Bertz CT molecular complexity index is 1350. The summed E-state index contributed by atoms with van der Waals surface area (Å²) in [7, 11) is 0. The quantitative estimate of drug-likeness (QED) is 0.481. The Morgan fingerprint density at radius 3 is 2.63 bits per heavy atom. The third-order valence-electron chi connectivity index (χ3n) is 4.91. The lowest BCUT2D eigenvalue weighted by Gasteiger charge is -2.18. The molecule has 5 rings (SSSR count). The van der Waals surface area contributed by atoms with E-state index < -0.39 is 0 Å². The Hall–Kier alpha value is -3.65. The topological polar surface area (TPSA) is 104 Å². The van der Waals surface area contributed by atoms with E-state index in [2.05, 4.69) is 10.3 Å². The van der Waals surface area contributed by atoms with Crippen molar-refractivity contribution in [1.29, 1.82) is 0 Å². The van der Waals surface area contributed by atoms with Crippen LogP contribution in [-0.2, 0) is 0 Å². The number of fused-ring (bicyclic) bond motifs is 3. The van der Waals surface area contributed by atoms with Crippen molar-refractivity contribution in [2.75, 3.05) is 24.3 Å². The maximum atomic E-state index is 12.9. The Labute approximate surface area is 175 Å². The first-order chi connectivity index (χ1) is 14.5. The molecule has 0 fully saturated rings. The minimum Gasteiger partial charge on any atom is -0.486 e. The molecule has 0 spiro atoms. The summed E-state index contributed by atoms with van der Waals surface area (Å²) in [5.74, 6) is 0.922. The zero-order valence-corrected chi connectivity index (χ0v) is 16.8. The summed E-state index contributed by atoms with van der Waals surface area (Å²) in [5, 5.41) is 4.39. The van der Waals surface area contributed by atoms with Crippen LogP contribution in [0.4, 0.5) is 11.4 Å². The highest BCUT2D eigenvalue weighted by Gasteiger charge is 2.20. The molecule has 1 aliphatic rings. The fourth-order valence-corrected chi connectivity index (χ4v) is 4.39. The predicted octanol–water partition coefficient (Wildman–Crippen LogP) is 4.26. The Morgan fingerprint density at radius 2 is 1.87 bits per heavy atom. The normalized spacial score (nSPS) is 12.8. The van der Waals surface area contributed by atoms with Crippen molar-refractivity contribution in [3.8, 4) is 11.5 Å². The second kappa shape index (κ2) is 7.00. The summed E-state index contributed by atoms with van der Waals surface area (Å²) in [6.07, 6.45) is 0. The Morgan fingerprint density at radius 1 is 1.10 bits per heavy atom. The summed E-state index contributed by atoms with van der Waals surface area (Å²) in [5.41, 5.74) is 8.48. The third-order valence-corrected chi connectivity index (χ3v) is 6.02. The number of nitrogens with one attached hydrogen (secondary N) is 1. The summed E-state index contributed by atoms with van der Waals surface area (Å²) in [6, 6.07) is 12.4. The van der Waals surface area contributed by atoms with Crippen molar-refractivity contribution in [3.05, 3.63) is 52.9 Å². The second-order valence-corrected chi connectivity index (χ2v) is 7.96. The van der Waals surface area contributed by atoms with Gasteiger partial charge in [0.05, 0.1) is 11.2 Å². The van der Waals surface area contributed by atoms with Crippen molar-refractivity contribution in [1.82, 2.24) is 4.98 Å². The molecule has 3 heterocycles. The summed E-state index contributed by atoms with van der Waals surface area (Å²) >= 11 is 1.23. The first-order valence-corrected chi connectivity index (χ1v) is 10.2. The van der Waals surface area contributed by atoms with Gasteiger partial charge in [-0.1, -0.05) is 12.1 Å². The number of thiophene rings is 1. The molecule has 30 heavy (non-hydrogen) atoms. The SMILES string of the molecule is CC(=O)c1cccc(NC(=O)c2sc3nc4cc5c(cc4cc3c2N)OCCO5)c1. The molecule has 0 saturated heterocycles. The van der Waals surface area contributed by atoms with Crippen LogP contribution < -0.4 is 20.5 Å². The number of hydrogen-bond acceptors (Lipinski definition) is 7. The monoisotopic (exact) mass is 419 g/mol. The van der Waals surface area contributed by atoms with Gasteiger partial charge in [0.25, 0.3) is 5.91 Å². The van der Waals surface area contributed by atoms with Crippen LogP contribution in [0.1, 0.15) is 27.0 Å². The number of Topliss-reactive ketones (excluding diaryl/α,β-unsaturated/α-hetero) is 1. The van der Waals surface area contributed by atoms with Gasteiger partial charge in [0.2, 0.25) is 0 Å². The van der Waals surface area contributed by atoms with Crippen molar-refractivity contribution in [2.24, 2.45) is 0 Å². The average Bonchev–Trinajstić information content (AvgIpc) is 3.06. The van der Waals surface area contributed by atoms with E-state index in [1.807, 2.05) is 18.2 Å². The number of pyridine rings is 1. The zero-order valence-electron chi connectivity index (χ0n) is 16.0. The number of amides is 1. The first-order valence-electron chi connectivity index (χ1n) is 9.34. The minimum atomic E-state index is -0.341. The zero-order chi connectivity index (χ0) is 20.8. The van der Waals surface area contributed by atoms with E-state index in [0.717, 1.165) is 10.9 Å². The molecule has 2 aromatic carbocycles. The molecule has 0 atom stereocenters. The number of nitrogen functional groups attached to an aromatic ring is 1. The summed E-state index contributed by atoms with van der Waals surface area (Å²) in [6.45, 7) is 2.49. The van der Waals surface area contributed by atoms with Gasteiger partial charge in [0, 0.05) is 28.1 Å². The standard InChI is InChI=1S/C22H17N3O4S/c1-11(26)12-3-2-4-14(7-12)24-21(27)20-19(23)15-8-13-9-17-18(29-6-5-28-17)10-16(13)25-22(15)30-20/h2-4,7-10H,5-6,23H2,1H3,(H,24,27). The van der Waals surface area contributed by atoms with Crippen molar-refractivity contribution in [3.63, 3.8) is 0 Å². The molecule has 2 aromatic heterocycles. The number of hydrogen-bond donors (Lipinski definition) is 2. The molecule has 8 heteroatoms. The Balaban J connectivity index is 1.53. The molecule has 4 aromatic rings. The largest absolute Gasteiger partial charge is 0.486 e. The van der Waals surface area contributed by atoms with E-state index in [0.29, 0.717) is 56.7 Å². The lowest BCUT2D eigenvalue weighted by Crippen LogP contribution is -2.15. The van der Waals surface area contributed by atoms with E-state index in [-0.39, 0.29) is 11.7 Å². The predicted molar refractivity (Wildman–Crippen MR) is 117 cm³/mol. The van der Waals surface area contributed by atoms with Gasteiger partial charge < -0.3 is 20.5 Å². The smallest absolute Gasteiger partial charge is 0.267 e. The number of ether oxygens (including phenoxy) is 2. The average molecular weight is 419 g/mol. The molecule has 3 N–H and O–H groups in total. The first kappa shape index (κ1) is 18.4. The second-order valence-electron chi connectivity index (χ2n) is 6.97. The van der Waals surface area contributed by atoms with E-state index >= 15 is 0 Å². The molecule has 0 saturated carbocycles. The van der Waals surface area contributed by atoms with Gasteiger partial charge in [-0.15, -0.1) is 11.3 Å². The number of ketones is 1. The van der Waals surface area contributed by atoms with Crippen LogP contribution in [0.2, 0.25) is 0 Å². The van der Waals surface area contributed by atoms with Gasteiger partial charge in [0.1, 0.15) is 22.9 Å². The number of nitrogens with zero attached hydrogens (tertiary/aromatic N) is 1. The molecule has 0 unspecified atom stereocenters. The van der Waals surface area contributed by atoms with E-state index in [1.54, 1.807) is 24.3 Å². The maximum Gasteiger partial charge on any atom is 0.267 e. The number of benzene rings is 2. The van der Waals surface area contributed by atoms with Crippen LogP contribution in [0.5, 0.6) is 11.5 Å². The lowest BCUT2D eigenvalue weighted by molar-refractivity contribution is 0.101. The highest BCUT2D eigenvalue weighted by molar-refractivity contribution is 7.21. The maximum absolute atomic E-state index is 12.9. The molecule has 0 bridgehead atoms. The van der Waals surface area contributed by atoms with Gasteiger partial charge in [-0.2, -0.15) is 0 Å². The van der Waals surface area contributed by atoms with E-state index in [9.17, 15) is 9.59 Å². The molecule has 7 nitrogen and oxygen atoms in total. The van der Waals surface area contributed by atoms with Crippen LogP contribution in [-0.4, -0.2) is 29.9 Å². The molecular weight excluding hydrogens is 402 g/mol. The summed E-state index contributed by atoms with van der Waals surface area (Å²) < 4.78 is 11.3. The van der Waals surface area contributed by atoms with Crippen LogP contribution in [0.15, 0.2) is 42.5 Å². The van der Waals surface area contributed by atoms with Crippen LogP contribution in [0.3, 0.4) is 0 Å². The van der Waals surface area contributed by atoms with Crippen LogP contribution in [0, 0.1) is 0 Å². The summed E-state index contributed by atoms with van der Waals surface area (Å²) in [4.78, 5) is 30.1. The van der Waals surface area contributed by atoms with Crippen molar-refractivity contribution < 1.29 is 19.1 Å². The van der Waals surface area contributed by atoms with E-state index in [1.165, 1.54) is 18.3 Å².